The van der Waals surface area contributed by atoms with E-state index in [-0.39, 0.29) is 0 Å². The summed E-state index contributed by atoms with van der Waals surface area (Å²) in [4.78, 5) is 0. The first-order valence-electron chi connectivity index (χ1n) is 8.98. The Morgan fingerprint density at radius 1 is 0.889 bits per heavy atom. The van der Waals surface area contributed by atoms with Gasteiger partial charge in [-0.25, -0.2) is 0 Å². The van der Waals surface area contributed by atoms with Gasteiger partial charge in [-0.05, 0) is 11.1 Å². The normalized spacial score (nSPS) is 16.4. The third kappa shape index (κ3) is 4.40. The van der Waals surface area contributed by atoms with E-state index >= 15 is 0 Å². The van der Waals surface area contributed by atoms with Crippen LogP contribution in [0.2, 0.25) is 12.6 Å². The predicted molar refractivity (Wildman–Crippen MR) is 118 cm³/mol. The summed E-state index contributed by atoms with van der Waals surface area (Å²) in [5, 5.41) is 1.55. The Kier molecular flexibility index (Phi) is 7.30. The van der Waals surface area contributed by atoms with E-state index in [9.17, 15) is 0 Å². The second-order valence-electron chi connectivity index (χ2n) is 6.87. The van der Waals surface area contributed by atoms with Crippen molar-refractivity contribution in [3.8, 4) is 11.1 Å². The summed E-state index contributed by atoms with van der Waals surface area (Å²) < 4.78 is 0. The van der Waals surface area contributed by atoms with E-state index in [4.69, 9.17) is 27.9 Å². The molecule has 0 amide bonds. The standard InChI is InChI=1S/C22H21Si.3ClH.Ti/c1-3-23(2,17-11-5-4-6-12-17)22-20-15-9-7-13-18(20)19-14-8-10-16-21(19)22;;;;/h4-15,22H,3H2,1-2H3;3*1H;/q-1;;;;+4/p-3. The van der Waals surface area contributed by atoms with Crippen LogP contribution in [0, 0.1) is 6.07 Å². The number of benzene rings is 3. The van der Waals surface area contributed by atoms with Gasteiger partial charge < -0.3 is 0 Å². The fourth-order valence-electron chi connectivity index (χ4n) is 4.13. The molecule has 5 heteroatoms. The Bertz CT molecular complexity index is 853. The molecule has 1 aliphatic carbocycles. The molecule has 2 unspecified atom stereocenters. The zero-order valence-corrected chi connectivity index (χ0v) is 20.2. The molecule has 3 aromatic rings. The van der Waals surface area contributed by atoms with Gasteiger partial charge in [0.15, 0.2) is 0 Å². The van der Waals surface area contributed by atoms with Crippen molar-refractivity contribution in [1.82, 2.24) is 0 Å². The van der Waals surface area contributed by atoms with Gasteiger partial charge in [0.1, 0.15) is 0 Å². The summed E-state index contributed by atoms with van der Waals surface area (Å²) in [6, 6.07) is 31.4. The van der Waals surface area contributed by atoms with Crippen LogP contribution in [0.4, 0.5) is 0 Å². The van der Waals surface area contributed by atoms with Gasteiger partial charge in [0.05, 0.1) is 8.07 Å². The molecule has 0 saturated heterocycles. The number of hydrogen-bond donors (Lipinski definition) is 0. The van der Waals surface area contributed by atoms with Crippen molar-refractivity contribution in [3.05, 3.63) is 90.0 Å². The van der Waals surface area contributed by atoms with Crippen LogP contribution in [0.5, 0.6) is 0 Å². The van der Waals surface area contributed by atoms with Crippen LogP contribution in [-0.4, -0.2) is 8.07 Å². The molecule has 0 saturated carbocycles. The van der Waals surface area contributed by atoms with E-state index in [0.29, 0.717) is 5.54 Å². The minimum absolute atomic E-state index is 0.502. The number of rotatable bonds is 3. The SMILES string of the molecule is CC[Si](C)(c1ccccc1)C1c2[c-]cccc2-c2ccccc21.[Cl][Ti+]([Cl])[Cl]. The van der Waals surface area contributed by atoms with Crippen LogP contribution in [0.3, 0.4) is 0 Å². The first-order chi connectivity index (χ1) is 13.0. The summed E-state index contributed by atoms with van der Waals surface area (Å²) in [6.07, 6.45) is 0. The summed E-state index contributed by atoms with van der Waals surface area (Å²) in [7, 11) is 13.2. The molecule has 0 aromatic heterocycles. The Balaban J connectivity index is 0.000000481. The van der Waals surface area contributed by atoms with E-state index < -0.39 is 22.8 Å². The molecule has 0 fully saturated rings. The maximum atomic E-state index is 4.97. The zero-order chi connectivity index (χ0) is 19.4. The molecular weight excluding hydrogens is 447 g/mol. The molecule has 0 nitrogen and oxygen atoms in total. The molecule has 3 aromatic carbocycles. The molecule has 2 atom stereocenters. The van der Waals surface area contributed by atoms with Gasteiger partial charge in [0, 0.05) is 0 Å². The molecule has 0 spiro atoms. The van der Waals surface area contributed by atoms with Crippen molar-refractivity contribution in [2.75, 3.05) is 0 Å². The molecule has 138 valence electrons. The van der Waals surface area contributed by atoms with Crippen molar-refractivity contribution in [3.63, 3.8) is 0 Å². The van der Waals surface area contributed by atoms with Crippen LogP contribution in [0.15, 0.2) is 72.8 Å². The molecule has 1 aliphatic rings. The van der Waals surface area contributed by atoms with E-state index in [1.54, 1.807) is 5.19 Å². The third-order valence-corrected chi connectivity index (χ3v) is 10.5. The number of fused-ring (bicyclic) bond motifs is 3. The van der Waals surface area contributed by atoms with Gasteiger partial charge >= 0.3 is 42.6 Å². The van der Waals surface area contributed by atoms with Crippen LogP contribution in [0.1, 0.15) is 23.6 Å². The van der Waals surface area contributed by atoms with Crippen molar-refractivity contribution in [2.45, 2.75) is 25.1 Å². The summed E-state index contributed by atoms with van der Waals surface area (Å²) in [5.74, 6) is 0. The van der Waals surface area contributed by atoms with E-state index in [0.717, 1.165) is 0 Å². The molecule has 0 N–H and O–H groups in total. The topological polar surface area (TPSA) is 0 Å². The van der Waals surface area contributed by atoms with Crippen LogP contribution >= 0.6 is 27.9 Å². The zero-order valence-electron chi connectivity index (χ0n) is 15.3. The van der Waals surface area contributed by atoms with Crippen molar-refractivity contribution in [1.29, 1.82) is 0 Å². The van der Waals surface area contributed by atoms with Gasteiger partial charge in [0.2, 0.25) is 0 Å². The van der Waals surface area contributed by atoms with E-state index in [2.05, 4.69) is 92.3 Å². The Hall–Kier alpha value is -0.539. The Morgan fingerprint density at radius 2 is 1.48 bits per heavy atom. The molecule has 0 aliphatic heterocycles. The van der Waals surface area contributed by atoms with Crippen LogP contribution in [0.25, 0.3) is 11.1 Å². The summed E-state index contributed by atoms with van der Waals surface area (Å²) in [5.41, 5.74) is 6.21. The van der Waals surface area contributed by atoms with Gasteiger partial charge in [0.25, 0.3) is 0 Å². The molecule has 0 heterocycles. The second kappa shape index (κ2) is 9.31. The average Bonchev–Trinajstić information content (AvgIpc) is 3.03. The maximum absolute atomic E-state index is 4.97. The van der Waals surface area contributed by atoms with Crippen LogP contribution < -0.4 is 5.19 Å². The molecule has 0 radical (unpaired) electrons. The molecule has 27 heavy (non-hydrogen) atoms. The fraction of sp³-hybridized carbons (Fsp3) is 0.182. The quantitative estimate of drug-likeness (QED) is 0.282. The van der Waals surface area contributed by atoms with Gasteiger partial charge in [-0.15, -0.1) is 11.1 Å². The third-order valence-electron chi connectivity index (χ3n) is 5.54. The van der Waals surface area contributed by atoms with Crippen molar-refractivity contribution in [2.24, 2.45) is 0 Å². The number of halogens is 3. The summed E-state index contributed by atoms with van der Waals surface area (Å²) >= 11 is -1.92. The van der Waals surface area contributed by atoms with Gasteiger partial charge in [-0.1, -0.05) is 84.9 Å². The van der Waals surface area contributed by atoms with Gasteiger partial charge in [-0.2, -0.15) is 24.3 Å². The minimum atomic E-state index is -1.92. The Morgan fingerprint density at radius 3 is 2.15 bits per heavy atom. The monoisotopic (exact) mass is 466 g/mol. The first kappa shape index (κ1) is 21.2. The Labute approximate surface area is 181 Å². The second-order valence-corrected chi connectivity index (χ2v) is 19.3. The molecule has 0 bridgehead atoms. The van der Waals surface area contributed by atoms with E-state index in [1.165, 1.54) is 28.3 Å². The first-order valence-corrected chi connectivity index (χ1v) is 18.2. The summed E-state index contributed by atoms with van der Waals surface area (Å²) in [6.45, 7) is 4.91. The van der Waals surface area contributed by atoms with E-state index in [1.807, 2.05) is 0 Å². The molecule has 4 rings (SSSR count). The predicted octanol–water partition coefficient (Wildman–Crippen LogP) is 7.21. The molecular formula is C22H21Cl3SiTi. The average molecular weight is 468 g/mol. The van der Waals surface area contributed by atoms with Crippen molar-refractivity contribution < 1.29 is 14.7 Å². The van der Waals surface area contributed by atoms with Crippen LogP contribution in [-0.2, 0) is 14.7 Å². The number of hydrogen-bond acceptors (Lipinski definition) is 0. The van der Waals surface area contributed by atoms with Crippen molar-refractivity contribution >= 4 is 41.2 Å². The fourth-order valence-corrected chi connectivity index (χ4v) is 8.05. The van der Waals surface area contributed by atoms with Gasteiger partial charge in [-0.3, -0.25) is 0 Å².